The Hall–Kier alpha value is -1.55. The van der Waals surface area contributed by atoms with Gasteiger partial charge in [0.15, 0.2) is 0 Å². The van der Waals surface area contributed by atoms with Crippen molar-refractivity contribution in [1.82, 2.24) is 0 Å². The summed E-state index contributed by atoms with van der Waals surface area (Å²) in [5.41, 5.74) is 9.54. The Kier molecular flexibility index (Phi) is 4.10. The minimum absolute atomic E-state index is 0.278. The first-order chi connectivity index (χ1) is 8.97. The van der Waals surface area contributed by atoms with Gasteiger partial charge in [-0.1, -0.05) is 12.1 Å². The maximum atomic E-state index is 13.1. The molecule has 0 radical (unpaired) electrons. The normalized spacial score (nSPS) is 10.5. The quantitative estimate of drug-likeness (QED) is 0.851. The van der Waals surface area contributed by atoms with Gasteiger partial charge in [0.1, 0.15) is 18.2 Å². The topological polar surface area (TPSA) is 35.2 Å². The molecular weight excluding hydrogens is 309 g/mol. The molecule has 2 nitrogen and oxygen atoms in total. The lowest BCUT2D eigenvalue weighted by molar-refractivity contribution is 0.304. The van der Waals surface area contributed by atoms with E-state index in [1.807, 2.05) is 26.0 Å². The first-order valence-electron chi connectivity index (χ1n) is 5.91. The Balaban J connectivity index is 2.14. The van der Waals surface area contributed by atoms with Gasteiger partial charge in [0.05, 0.1) is 4.47 Å². The van der Waals surface area contributed by atoms with Crippen LogP contribution in [0.5, 0.6) is 5.75 Å². The Labute approximate surface area is 120 Å². The Morgan fingerprint density at radius 1 is 1.16 bits per heavy atom. The molecule has 0 aliphatic carbocycles. The number of benzene rings is 2. The zero-order valence-corrected chi connectivity index (χ0v) is 12.4. The molecule has 0 aliphatic heterocycles. The molecule has 0 aromatic heterocycles. The van der Waals surface area contributed by atoms with Crippen LogP contribution in [-0.2, 0) is 6.61 Å². The van der Waals surface area contributed by atoms with E-state index in [-0.39, 0.29) is 5.82 Å². The summed E-state index contributed by atoms with van der Waals surface area (Å²) in [6.07, 6.45) is 0. The highest BCUT2D eigenvalue weighted by Crippen LogP contribution is 2.25. The molecule has 2 aromatic rings. The van der Waals surface area contributed by atoms with E-state index in [2.05, 4.69) is 15.9 Å². The average molecular weight is 324 g/mol. The van der Waals surface area contributed by atoms with Crippen molar-refractivity contribution in [2.45, 2.75) is 20.5 Å². The molecule has 0 spiro atoms. The number of hydrogen-bond acceptors (Lipinski definition) is 2. The maximum Gasteiger partial charge on any atom is 0.137 e. The molecule has 0 saturated heterocycles. The van der Waals surface area contributed by atoms with E-state index in [0.717, 1.165) is 22.4 Å². The summed E-state index contributed by atoms with van der Waals surface area (Å²) in [4.78, 5) is 0. The van der Waals surface area contributed by atoms with Crippen molar-refractivity contribution < 1.29 is 9.13 Å². The van der Waals surface area contributed by atoms with Crippen molar-refractivity contribution in [2.75, 3.05) is 5.73 Å². The summed E-state index contributed by atoms with van der Waals surface area (Å²) < 4.78 is 19.3. The van der Waals surface area contributed by atoms with E-state index in [1.54, 1.807) is 12.1 Å². The third kappa shape index (κ3) is 3.26. The fourth-order valence-electron chi connectivity index (χ4n) is 1.79. The van der Waals surface area contributed by atoms with Gasteiger partial charge in [0.2, 0.25) is 0 Å². The van der Waals surface area contributed by atoms with Crippen LogP contribution in [0.2, 0.25) is 0 Å². The summed E-state index contributed by atoms with van der Waals surface area (Å²) >= 11 is 3.16. The van der Waals surface area contributed by atoms with E-state index in [9.17, 15) is 4.39 Å². The lowest BCUT2D eigenvalue weighted by Crippen LogP contribution is -1.99. The van der Waals surface area contributed by atoms with Crippen molar-refractivity contribution in [2.24, 2.45) is 0 Å². The highest BCUT2D eigenvalue weighted by Gasteiger charge is 2.05. The van der Waals surface area contributed by atoms with Gasteiger partial charge >= 0.3 is 0 Å². The minimum atomic E-state index is -0.278. The zero-order valence-electron chi connectivity index (χ0n) is 10.8. The van der Waals surface area contributed by atoms with E-state index in [0.29, 0.717) is 16.8 Å². The first-order valence-corrected chi connectivity index (χ1v) is 6.70. The van der Waals surface area contributed by atoms with Gasteiger partial charge in [-0.05, 0) is 58.6 Å². The average Bonchev–Trinajstić information content (AvgIpc) is 2.36. The van der Waals surface area contributed by atoms with E-state index >= 15 is 0 Å². The predicted molar refractivity (Wildman–Crippen MR) is 78.8 cm³/mol. The van der Waals surface area contributed by atoms with E-state index in [1.165, 1.54) is 6.07 Å². The number of anilines is 1. The Morgan fingerprint density at radius 3 is 2.58 bits per heavy atom. The third-order valence-electron chi connectivity index (χ3n) is 2.94. The van der Waals surface area contributed by atoms with Gasteiger partial charge < -0.3 is 10.5 Å². The molecule has 0 heterocycles. The van der Waals surface area contributed by atoms with Crippen LogP contribution in [0, 0.1) is 19.7 Å². The number of nitrogen functional groups attached to an aromatic ring is 1. The molecule has 0 bridgehead atoms. The summed E-state index contributed by atoms with van der Waals surface area (Å²) in [7, 11) is 0. The maximum absolute atomic E-state index is 13.1. The largest absolute Gasteiger partial charge is 0.489 e. The molecule has 19 heavy (non-hydrogen) atoms. The molecule has 4 heteroatoms. The van der Waals surface area contributed by atoms with Crippen molar-refractivity contribution in [3.05, 3.63) is 57.3 Å². The molecule has 2 aromatic carbocycles. The fourth-order valence-corrected chi connectivity index (χ4v) is 2.22. The van der Waals surface area contributed by atoms with Gasteiger partial charge in [0.25, 0.3) is 0 Å². The monoisotopic (exact) mass is 323 g/mol. The van der Waals surface area contributed by atoms with Crippen molar-refractivity contribution in [3.8, 4) is 5.75 Å². The summed E-state index contributed by atoms with van der Waals surface area (Å²) in [6.45, 7) is 4.31. The van der Waals surface area contributed by atoms with E-state index in [4.69, 9.17) is 10.5 Å². The first kappa shape index (κ1) is 13.9. The Bertz CT molecular complexity index is 613. The van der Waals surface area contributed by atoms with Crippen LogP contribution in [-0.4, -0.2) is 0 Å². The summed E-state index contributed by atoms with van der Waals surface area (Å²) in [5.74, 6) is 0.475. The summed E-state index contributed by atoms with van der Waals surface area (Å²) in [5, 5.41) is 0. The van der Waals surface area contributed by atoms with Crippen LogP contribution in [0.3, 0.4) is 0 Å². The fraction of sp³-hybridized carbons (Fsp3) is 0.200. The van der Waals surface area contributed by atoms with Crippen LogP contribution >= 0.6 is 15.9 Å². The van der Waals surface area contributed by atoms with Crippen LogP contribution in [0.15, 0.2) is 34.8 Å². The molecule has 0 unspecified atom stereocenters. The SMILES string of the molecule is Cc1cc(C)c(OCc2ccc(F)c(Br)c2)cc1N. The van der Waals surface area contributed by atoms with Crippen LogP contribution in [0.25, 0.3) is 0 Å². The predicted octanol–water partition coefficient (Wildman–Crippen LogP) is 4.37. The molecule has 0 atom stereocenters. The second-order valence-corrected chi connectivity index (χ2v) is 5.37. The van der Waals surface area contributed by atoms with E-state index < -0.39 is 0 Å². The highest BCUT2D eigenvalue weighted by atomic mass is 79.9. The molecule has 0 fully saturated rings. The molecule has 2 rings (SSSR count). The van der Waals surface area contributed by atoms with Crippen LogP contribution in [0.1, 0.15) is 16.7 Å². The number of hydrogen-bond donors (Lipinski definition) is 1. The van der Waals surface area contributed by atoms with Gasteiger partial charge in [0, 0.05) is 11.8 Å². The van der Waals surface area contributed by atoms with Crippen molar-refractivity contribution >= 4 is 21.6 Å². The second-order valence-electron chi connectivity index (χ2n) is 4.51. The number of ether oxygens (including phenoxy) is 1. The standard InChI is InChI=1S/C15H15BrFNO/c1-9-5-10(2)15(7-14(9)18)19-8-11-3-4-13(17)12(16)6-11/h3-7H,8,18H2,1-2H3. The van der Waals surface area contributed by atoms with Gasteiger partial charge in [-0.25, -0.2) is 4.39 Å². The van der Waals surface area contributed by atoms with Gasteiger partial charge in [-0.3, -0.25) is 0 Å². The molecule has 0 saturated carbocycles. The number of nitrogens with two attached hydrogens (primary N) is 1. The van der Waals surface area contributed by atoms with Crippen molar-refractivity contribution in [1.29, 1.82) is 0 Å². The minimum Gasteiger partial charge on any atom is -0.489 e. The van der Waals surface area contributed by atoms with Crippen LogP contribution < -0.4 is 10.5 Å². The zero-order chi connectivity index (χ0) is 14.0. The third-order valence-corrected chi connectivity index (χ3v) is 3.55. The van der Waals surface area contributed by atoms with Crippen LogP contribution in [0.4, 0.5) is 10.1 Å². The van der Waals surface area contributed by atoms with Gasteiger partial charge in [-0.2, -0.15) is 0 Å². The van der Waals surface area contributed by atoms with Crippen molar-refractivity contribution in [3.63, 3.8) is 0 Å². The highest BCUT2D eigenvalue weighted by molar-refractivity contribution is 9.10. The smallest absolute Gasteiger partial charge is 0.137 e. The molecule has 0 amide bonds. The molecule has 100 valence electrons. The molecule has 0 aliphatic rings. The lowest BCUT2D eigenvalue weighted by Gasteiger charge is -2.12. The molecule has 2 N–H and O–H groups in total. The van der Waals surface area contributed by atoms with Gasteiger partial charge in [-0.15, -0.1) is 0 Å². The molecular formula is C15H15BrFNO. The second kappa shape index (κ2) is 5.61. The number of aryl methyl sites for hydroxylation is 2. The Morgan fingerprint density at radius 2 is 1.89 bits per heavy atom. The summed E-state index contributed by atoms with van der Waals surface area (Å²) in [6, 6.07) is 8.64. The lowest BCUT2D eigenvalue weighted by atomic mass is 10.1. The number of rotatable bonds is 3. The number of halogens is 2.